The van der Waals surface area contributed by atoms with Gasteiger partial charge in [0, 0.05) is 6.54 Å². The van der Waals surface area contributed by atoms with Gasteiger partial charge in [-0.15, -0.1) is 0 Å². The van der Waals surface area contributed by atoms with E-state index in [1.807, 2.05) is 4.90 Å². The molecule has 2 saturated heterocycles. The van der Waals surface area contributed by atoms with Crippen LogP contribution in [0.25, 0.3) is 0 Å². The molecule has 0 bridgehead atoms. The van der Waals surface area contributed by atoms with Gasteiger partial charge in [0.15, 0.2) is 0 Å². The van der Waals surface area contributed by atoms with Crippen molar-refractivity contribution in [3.8, 4) is 0 Å². The van der Waals surface area contributed by atoms with Crippen molar-refractivity contribution in [3.05, 3.63) is 0 Å². The Hall–Kier alpha value is -0.160. The highest BCUT2D eigenvalue weighted by Crippen LogP contribution is 2.34. The minimum absolute atomic E-state index is 0.281. The van der Waals surface area contributed by atoms with Gasteiger partial charge in [-0.1, -0.05) is 0 Å². The van der Waals surface area contributed by atoms with Crippen LogP contribution in [0.2, 0.25) is 0 Å². The van der Waals surface area contributed by atoms with Crippen LogP contribution in [0.5, 0.6) is 0 Å². The first-order valence-electron chi connectivity index (χ1n) is 4.85. The Morgan fingerprint density at radius 3 is 2.69 bits per heavy atom. The SMILES string of the molecule is CC1(O)CCCN2CC(O)C(O)C21. The fourth-order valence-corrected chi connectivity index (χ4v) is 2.67. The molecule has 4 heteroatoms. The number of aliphatic hydroxyl groups excluding tert-OH is 2. The molecule has 0 aromatic carbocycles. The van der Waals surface area contributed by atoms with Crippen molar-refractivity contribution in [2.75, 3.05) is 13.1 Å². The number of rotatable bonds is 0. The quantitative estimate of drug-likeness (QED) is 0.452. The summed E-state index contributed by atoms with van der Waals surface area (Å²) in [6.07, 6.45) is 0.144. The highest BCUT2D eigenvalue weighted by molar-refractivity contribution is 5.05. The second-order valence-corrected chi connectivity index (χ2v) is 4.46. The lowest BCUT2D eigenvalue weighted by Crippen LogP contribution is -2.56. The van der Waals surface area contributed by atoms with Crippen LogP contribution in [0.15, 0.2) is 0 Å². The summed E-state index contributed by atoms with van der Waals surface area (Å²) in [7, 11) is 0. The molecule has 2 fully saturated rings. The van der Waals surface area contributed by atoms with E-state index in [1.54, 1.807) is 6.92 Å². The van der Waals surface area contributed by atoms with Crippen molar-refractivity contribution in [1.82, 2.24) is 4.90 Å². The lowest BCUT2D eigenvalue weighted by Gasteiger charge is -2.42. The molecule has 13 heavy (non-hydrogen) atoms. The molecule has 0 amide bonds. The van der Waals surface area contributed by atoms with E-state index >= 15 is 0 Å². The summed E-state index contributed by atoms with van der Waals surface area (Å²) in [5.74, 6) is 0. The first kappa shape index (κ1) is 9.40. The Morgan fingerprint density at radius 2 is 2.08 bits per heavy atom. The van der Waals surface area contributed by atoms with Crippen molar-refractivity contribution in [2.24, 2.45) is 0 Å². The maximum Gasteiger partial charge on any atom is 0.0994 e. The molecule has 0 saturated carbocycles. The molecule has 0 spiro atoms. The second kappa shape index (κ2) is 2.92. The second-order valence-electron chi connectivity index (χ2n) is 4.46. The molecule has 76 valence electrons. The normalized spacial score (nSPS) is 52.2. The highest BCUT2D eigenvalue weighted by atomic mass is 16.3. The molecule has 2 aliphatic rings. The van der Waals surface area contributed by atoms with Gasteiger partial charge in [0.1, 0.15) is 0 Å². The van der Waals surface area contributed by atoms with Crippen LogP contribution in [0.4, 0.5) is 0 Å². The monoisotopic (exact) mass is 187 g/mol. The first-order chi connectivity index (χ1) is 6.02. The molecule has 0 aromatic rings. The van der Waals surface area contributed by atoms with Crippen LogP contribution in [0.1, 0.15) is 19.8 Å². The van der Waals surface area contributed by atoms with Gasteiger partial charge in [0.25, 0.3) is 0 Å². The lowest BCUT2D eigenvalue weighted by molar-refractivity contribution is -0.0898. The van der Waals surface area contributed by atoms with Gasteiger partial charge in [-0.05, 0) is 26.3 Å². The number of hydrogen-bond donors (Lipinski definition) is 3. The Morgan fingerprint density at radius 1 is 1.38 bits per heavy atom. The summed E-state index contributed by atoms with van der Waals surface area (Å²) < 4.78 is 0. The minimum Gasteiger partial charge on any atom is -0.389 e. The highest BCUT2D eigenvalue weighted by Gasteiger charge is 2.50. The molecule has 2 heterocycles. The van der Waals surface area contributed by atoms with Crippen LogP contribution < -0.4 is 0 Å². The lowest BCUT2D eigenvalue weighted by atomic mass is 9.85. The van der Waals surface area contributed by atoms with E-state index in [0.29, 0.717) is 13.0 Å². The number of nitrogens with zero attached hydrogens (tertiary/aromatic N) is 1. The topological polar surface area (TPSA) is 63.9 Å². The molecular weight excluding hydrogens is 170 g/mol. The van der Waals surface area contributed by atoms with Gasteiger partial charge in [-0.25, -0.2) is 0 Å². The molecule has 0 radical (unpaired) electrons. The summed E-state index contributed by atoms with van der Waals surface area (Å²) >= 11 is 0. The molecule has 4 nitrogen and oxygen atoms in total. The van der Waals surface area contributed by atoms with Gasteiger partial charge in [0.2, 0.25) is 0 Å². The Bertz CT molecular complexity index is 207. The maximum absolute atomic E-state index is 10.0. The molecule has 4 atom stereocenters. The van der Waals surface area contributed by atoms with E-state index in [4.69, 9.17) is 0 Å². The maximum atomic E-state index is 10.0. The first-order valence-corrected chi connectivity index (χ1v) is 4.85. The Kier molecular flexibility index (Phi) is 2.11. The number of aliphatic hydroxyl groups is 3. The van der Waals surface area contributed by atoms with Crippen molar-refractivity contribution in [3.63, 3.8) is 0 Å². The predicted molar refractivity (Wildman–Crippen MR) is 47.2 cm³/mol. The smallest absolute Gasteiger partial charge is 0.0994 e. The van der Waals surface area contributed by atoms with Crippen molar-refractivity contribution in [2.45, 2.75) is 43.6 Å². The summed E-state index contributed by atoms with van der Waals surface area (Å²) in [4.78, 5) is 1.98. The van der Waals surface area contributed by atoms with Crippen LogP contribution in [0, 0.1) is 0 Å². The third-order valence-corrected chi connectivity index (χ3v) is 3.30. The summed E-state index contributed by atoms with van der Waals surface area (Å²) in [5, 5.41) is 29.2. The standard InChI is InChI=1S/C9H17NO3/c1-9(13)3-2-4-10-5-6(11)7(12)8(9)10/h6-8,11-13H,2-5H2,1H3. The van der Waals surface area contributed by atoms with Gasteiger partial charge in [-0.2, -0.15) is 0 Å². The predicted octanol–water partition coefficient (Wildman–Crippen LogP) is -1.06. The molecule has 2 rings (SSSR count). The Labute approximate surface area is 77.8 Å². The number of fused-ring (bicyclic) bond motifs is 1. The van der Waals surface area contributed by atoms with Crippen molar-refractivity contribution >= 4 is 0 Å². The zero-order chi connectivity index (χ0) is 9.64. The summed E-state index contributed by atoms with van der Waals surface area (Å²) in [5.41, 5.74) is -0.852. The zero-order valence-electron chi connectivity index (χ0n) is 7.85. The van der Waals surface area contributed by atoms with Gasteiger partial charge < -0.3 is 15.3 Å². The van der Waals surface area contributed by atoms with E-state index < -0.39 is 17.8 Å². The molecule has 0 aliphatic carbocycles. The van der Waals surface area contributed by atoms with Crippen LogP contribution in [0.3, 0.4) is 0 Å². The van der Waals surface area contributed by atoms with E-state index in [1.165, 1.54) is 0 Å². The van der Waals surface area contributed by atoms with Gasteiger partial charge in [0.05, 0.1) is 23.9 Å². The van der Waals surface area contributed by atoms with Crippen molar-refractivity contribution < 1.29 is 15.3 Å². The minimum atomic E-state index is -0.852. The van der Waals surface area contributed by atoms with E-state index in [9.17, 15) is 15.3 Å². The average Bonchev–Trinajstić information content (AvgIpc) is 2.28. The van der Waals surface area contributed by atoms with E-state index in [-0.39, 0.29) is 6.04 Å². The molecule has 2 aliphatic heterocycles. The van der Waals surface area contributed by atoms with E-state index in [0.717, 1.165) is 13.0 Å². The number of piperidine rings is 1. The molecule has 4 unspecified atom stereocenters. The van der Waals surface area contributed by atoms with Crippen LogP contribution in [-0.2, 0) is 0 Å². The molecule has 0 aromatic heterocycles. The summed E-state index contributed by atoms with van der Waals surface area (Å²) in [6.45, 7) is 3.10. The largest absolute Gasteiger partial charge is 0.389 e. The number of hydrogen-bond acceptors (Lipinski definition) is 4. The van der Waals surface area contributed by atoms with Gasteiger partial charge >= 0.3 is 0 Å². The van der Waals surface area contributed by atoms with Gasteiger partial charge in [-0.3, -0.25) is 4.90 Å². The van der Waals surface area contributed by atoms with E-state index in [2.05, 4.69) is 0 Å². The molecule has 3 N–H and O–H groups in total. The van der Waals surface area contributed by atoms with Crippen LogP contribution >= 0.6 is 0 Å². The third-order valence-electron chi connectivity index (χ3n) is 3.30. The van der Waals surface area contributed by atoms with Crippen LogP contribution in [-0.4, -0.2) is 57.2 Å². The third kappa shape index (κ3) is 1.38. The molecular formula is C9H17NO3. The summed E-state index contributed by atoms with van der Waals surface area (Å²) in [6, 6.07) is -0.281. The fourth-order valence-electron chi connectivity index (χ4n) is 2.67. The zero-order valence-corrected chi connectivity index (χ0v) is 7.85. The van der Waals surface area contributed by atoms with Crippen molar-refractivity contribution in [1.29, 1.82) is 0 Å². The average molecular weight is 187 g/mol. The Balaban J connectivity index is 2.21. The fraction of sp³-hybridized carbons (Fsp3) is 1.00.